The number of halogens is 2. The Morgan fingerprint density at radius 2 is 2.05 bits per heavy atom. The van der Waals surface area contributed by atoms with Crippen LogP contribution in [0.1, 0.15) is 32.1 Å². The van der Waals surface area contributed by atoms with Crippen molar-refractivity contribution in [2.75, 3.05) is 11.9 Å². The normalized spacial score (nSPS) is 18.1. The van der Waals surface area contributed by atoms with E-state index in [-0.39, 0.29) is 5.91 Å². The Morgan fingerprint density at radius 1 is 1.37 bits per heavy atom. The number of hydrogen-bond donors (Lipinski definition) is 2. The highest BCUT2D eigenvalue weighted by molar-refractivity contribution is 9.11. The molecule has 7 heteroatoms. The molecule has 1 aliphatic carbocycles. The Kier molecular flexibility index (Phi) is 4.92. The third-order valence-electron chi connectivity index (χ3n) is 3.62. The summed E-state index contributed by atoms with van der Waals surface area (Å²) in [7, 11) is 0. The lowest BCUT2D eigenvalue weighted by Gasteiger charge is -2.34. The predicted octanol–water partition coefficient (Wildman–Crippen LogP) is 2.85. The van der Waals surface area contributed by atoms with Crippen LogP contribution in [0, 0.1) is 5.41 Å². The molecular formula is C12H16Br2N4O. The molecule has 0 bridgehead atoms. The zero-order chi connectivity index (χ0) is 13.9. The van der Waals surface area contributed by atoms with E-state index in [9.17, 15) is 4.79 Å². The molecule has 5 nitrogen and oxygen atoms in total. The van der Waals surface area contributed by atoms with E-state index in [1.807, 2.05) is 0 Å². The lowest BCUT2D eigenvalue weighted by Crippen LogP contribution is -2.44. The van der Waals surface area contributed by atoms with Gasteiger partial charge in [-0.25, -0.2) is 9.97 Å². The first kappa shape index (κ1) is 14.9. The Labute approximate surface area is 129 Å². The third kappa shape index (κ3) is 3.32. The van der Waals surface area contributed by atoms with E-state index in [1.165, 1.54) is 6.42 Å². The molecule has 1 aromatic rings. The van der Waals surface area contributed by atoms with Gasteiger partial charge in [0.1, 0.15) is 9.21 Å². The second kappa shape index (κ2) is 6.28. The molecule has 0 radical (unpaired) electrons. The van der Waals surface area contributed by atoms with Gasteiger partial charge in [0.2, 0.25) is 5.91 Å². The van der Waals surface area contributed by atoms with Crippen LogP contribution in [0.5, 0.6) is 0 Å². The number of nitrogens with two attached hydrogens (primary N) is 1. The molecule has 104 valence electrons. The minimum absolute atomic E-state index is 0.0491. The van der Waals surface area contributed by atoms with E-state index < -0.39 is 5.41 Å². The van der Waals surface area contributed by atoms with E-state index >= 15 is 0 Å². The number of hydrogen-bond acceptors (Lipinski definition) is 4. The van der Waals surface area contributed by atoms with Crippen LogP contribution in [0.3, 0.4) is 0 Å². The van der Waals surface area contributed by atoms with Crippen molar-refractivity contribution in [3.63, 3.8) is 0 Å². The molecule has 2 rings (SSSR count). The number of carbonyl (C=O) groups is 1. The largest absolute Gasteiger partial charge is 0.329 e. The Balaban J connectivity index is 2.15. The van der Waals surface area contributed by atoms with Crippen LogP contribution in [0.2, 0.25) is 0 Å². The van der Waals surface area contributed by atoms with E-state index in [4.69, 9.17) is 5.73 Å². The summed E-state index contributed by atoms with van der Waals surface area (Å²) in [6, 6.07) is 0. The standard InChI is InChI=1S/C12H16Br2N4O/c13-8-6-16-10(9(14)17-8)18-11(19)12(7-15)4-2-1-3-5-12/h6H,1-5,7,15H2,(H,16,18,19). The number of nitrogens with zero attached hydrogens (tertiary/aromatic N) is 2. The summed E-state index contributed by atoms with van der Waals surface area (Å²) < 4.78 is 1.13. The molecule has 1 saturated carbocycles. The molecule has 1 amide bonds. The van der Waals surface area contributed by atoms with Crippen LogP contribution < -0.4 is 11.1 Å². The molecule has 0 spiro atoms. The highest BCUT2D eigenvalue weighted by atomic mass is 79.9. The Bertz CT molecular complexity index is 475. The highest BCUT2D eigenvalue weighted by Gasteiger charge is 2.38. The van der Waals surface area contributed by atoms with Gasteiger partial charge in [-0.05, 0) is 44.7 Å². The zero-order valence-electron chi connectivity index (χ0n) is 10.5. The Morgan fingerprint density at radius 3 is 2.63 bits per heavy atom. The SMILES string of the molecule is NCC1(C(=O)Nc2ncc(Br)nc2Br)CCCCC1. The van der Waals surface area contributed by atoms with Crippen molar-refractivity contribution >= 4 is 43.6 Å². The molecule has 19 heavy (non-hydrogen) atoms. The van der Waals surface area contributed by atoms with Crippen LogP contribution in [0.15, 0.2) is 15.4 Å². The molecule has 0 aromatic carbocycles. The summed E-state index contributed by atoms with van der Waals surface area (Å²) in [6.45, 7) is 0.375. The molecule has 0 aliphatic heterocycles. The van der Waals surface area contributed by atoms with Gasteiger partial charge in [-0.2, -0.15) is 0 Å². The van der Waals surface area contributed by atoms with E-state index in [1.54, 1.807) is 6.20 Å². The Hall–Kier alpha value is -0.530. The number of carbonyl (C=O) groups excluding carboxylic acids is 1. The first-order valence-electron chi connectivity index (χ1n) is 6.27. The monoisotopic (exact) mass is 390 g/mol. The summed E-state index contributed by atoms with van der Waals surface area (Å²) in [6.07, 6.45) is 6.52. The maximum Gasteiger partial charge on any atom is 0.233 e. The van der Waals surface area contributed by atoms with E-state index in [0.717, 1.165) is 25.7 Å². The topological polar surface area (TPSA) is 80.9 Å². The van der Waals surface area contributed by atoms with Crippen LogP contribution >= 0.6 is 31.9 Å². The van der Waals surface area contributed by atoms with Crippen molar-refractivity contribution in [3.05, 3.63) is 15.4 Å². The lowest BCUT2D eigenvalue weighted by molar-refractivity contribution is -0.126. The molecule has 1 heterocycles. The number of nitrogens with one attached hydrogen (secondary N) is 1. The molecule has 0 saturated heterocycles. The van der Waals surface area contributed by atoms with Crippen LogP contribution in [0.4, 0.5) is 5.82 Å². The van der Waals surface area contributed by atoms with Crippen LogP contribution in [-0.2, 0) is 4.79 Å². The molecule has 1 aromatic heterocycles. The minimum atomic E-state index is -0.452. The molecule has 1 aliphatic rings. The van der Waals surface area contributed by atoms with Crippen molar-refractivity contribution in [1.29, 1.82) is 0 Å². The second-order valence-electron chi connectivity index (χ2n) is 4.83. The number of amides is 1. The van der Waals surface area contributed by atoms with Crippen molar-refractivity contribution in [2.24, 2.45) is 11.1 Å². The fraction of sp³-hybridized carbons (Fsp3) is 0.583. The molecule has 3 N–H and O–H groups in total. The van der Waals surface area contributed by atoms with Gasteiger partial charge < -0.3 is 11.1 Å². The van der Waals surface area contributed by atoms with Crippen LogP contribution in [-0.4, -0.2) is 22.4 Å². The van der Waals surface area contributed by atoms with Crippen molar-refractivity contribution < 1.29 is 4.79 Å². The smallest absolute Gasteiger partial charge is 0.233 e. The van der Waals surface area contributed by atoms with Gasteiger partial charge in [0.05, 0.1) is 11.6 Å². The third-order valence-corrected chi connectivity index (χ3v) is 4.55. The second-order valence-corrected chi connectivity index (χ2v) is 6.39. The predicted molar refractivity (Wildman–Crippen MR) is 80.6 cm³/mol. The maximum absolute atomic E-state index is 12.5. The zero-order valence-corrected chi connectivity index (χ0v) is 13.6. The average molecular weight is 392 g/mol. The van der Waals surface area contributed by atoms with Gasteiger partial charge >= 0.3 is 0 Å². The summed E-state index contributed by atoms with van der Waals surface area (Å²) in [5, 5.41) is 2.84. The average Bonchev–Trinajstić information content (AvgIpc) is 2.42. The molecular weight excluding hydrogens is 376 g/mol. The van der Waals surface area contributed by atoms with Gasteiger partial charge in [-0.1, -0.05) is 19.3 Å². The maximum atomic E-state index is 12.5. The van der Waals surface area contributed by atoms with E-state index in [2.05, 4.69) is 47.1 Å². The fourth-order valence-corrected chi connectivity index (χ4v) is 3.33. The molecule has 0 unspecified atom stereocenters. The minimum Gasteiger partial charge on any atom is -0.329 e. The first-order valence-corrected chi connectivity index (χ1v) is 7.85. The number of anilines is 1. The summed E-state index contributed by atoms with van der Waals surface area (Å²) >= 11 is 6.52. The van der Waals surface area contributed by atoms with E-state index in [0.29, 0.717) is 21.6 Å². The molecule has 1 fully saturated rings. The fourth-order valence-electron chi connectivity index (χ4n) is 2.42. The summed E-state index contributed by atoms with van der Waals surface area (Å²) in [5.74, 6) is 0.388. The van der Waals surface area contributed by atoms with Gasteiger partial charge in [0, 0.05) is 6.54 Å². The summed E-state index contributed by atoms with van der Waals surface area (Å²) in [4.78, 5) is 20.8. The molecule has 0 atom stereocenters. The lowest BCUT2D eigenvalue weighted by atomic mass is 9.73. The van der Waals surface area contributed by atoms with Gasteiger partial charge in [-0.3, -0.25) is 4.79 Å². The van der Waals surface area contributed by atoms with Gasteiger partial charge in [0.25, 0.3) is 0 Å². The number of aromatic nitrogens is 2. The van der Waals surface area contributed by atoms with Crippen molar-refractivity contribution in [3.8, 4) is 0 Å². The quantitative estimate of drug-likeness (QED) is 0.829. The van der Waals surface area contributed by atoms with Crippen molar-refractivity contribution in [1.82, 2.24) is 9.97 Å². The van der Waals surface area contributed by atoms with Gasteiger partial charge in [0.15, 0.2) is 5.82 Å². The number of rotatable bonds is 3. The van der Waals surface area contributed by atoms with Crippen LogP contribution in [0.25, 0.3) is 0 Å². The van der Waals surface area contributed by atoms with Crippen molar-refractivity contribution in [2.45, 2.75) is 32.1 Å². The van der Waals surface area contributed by atoms with Gasteiger partial charge in [-0.15, -0.1) is 0 Å². The summed E-state index contributed by atoms with van der Waals surface area (Å²) in [5.41, 5.74) is 5.39. The first-order chi connectivity index (χ1) is 9.07. The highest BCUT2D eigenvalue weighted by Crippen LogP contribution is 2.36.